The zero-order valence-electron chi connectivity index (χ0n) is 21.5. The Kier molecular flexibility index (Phi) is 14.7. The summed E-state index contributed by atoms with van der Waals surface area (Å²) in [5.41, 5.74) is 21.6. The third-order valence-electron chi connectivity index (χ3n) is 5.64. The first-order valence-electron chi connectivity index (χ1n) is 11.9. The summed E-state index contributed by atoms with van der Waals surface area (Å²) in [6.07, 6.45) is 0.830. The number of hydrogen-bond acceptors (Lipinski definition) is 7. The molecule has 0 aliphatic heterocycles. The molecular weight excluding hydrogens is 472 g/mol. The number of nitrogens with one attached hydrogen (secondary N) is 3. The van der Waals surface area contributed by atoms with Crippen molar-refractivity contribution in [3.63, 3.8) is 0 Å². The minimum atomic E-state index is -1.25. The number of amides is 4. The van der Waals surface area contributed by atoms with Gasteiger partial charge < -0.3 is 44.0 Å². The Morgan fingerprint density at radius 2 is 1.44 bits per heavy atom. The first-order valence-corrected chi connectivity index (χ1v) is 11.9. The smallest absolute Gasteiger partial charge is 0.326 e. The summed E-state index contributed by atoms with van der Waals surface area (Å²) in [6.45, 7) is 7.12. The maximum atomic E-state index is 13.0. The van der Waals surface area contributed by atoms with Crippen LogP contribution in [0.5, 0.6) is 0 Å². The molecule has 0 fully saturated rings. The molecule has 0 bridgehead atoms. The number of aliphatic carboxylic acids is 1. The van der Waals surface area contributed by atoms with Crippen LogP contribution in [0.1, 0.15) is 59.8 Å². The van der Waals surface area contributed by atoms with Gasteiger partial charge in [-0.05, 0) is 31.1 Å². The zero-order chi connectivity index (χ0) is 28.0. The van der Waals surface area contributed by atoms with Crippen molar-refractivity contribution in [2.75, 3.05) is 6.54 Å². The Labute approximate surface area is 211 Å². The fraction of sp³-hybridized carbons (Fsp3) is 0.727. The van der Waals surface area contributed by atoms with E-state index in [2.05, 4.69) is 20.9 Å². The quantitative estimate of drug-likeness (QED) is 0.0598. The highest BCUT2D eigenvalue weighted by atomic mass is 16.4. The Hall–Kier alpha value is -3.42. The van der Waals surface area contributed by atoms with Crippen LogP contribution >= 0.6 is 0 Å². The van der Waals surface area contributed by atoms with Crippen LogP contribution in [-0.2, 0) is 24.0 Å². The molecule has 0 aromatic carbocycles. The van der Waals surface area contributed by atoms with Gasteiger partial charge in [0.25, 0.3) is 0 Å². The first kappa shape index (κ1) is 32.6. The topological polar surface area (TPSA) is 258 Å². The minimum Gasteiger partial charge on any atom is -0.480 e. The van der Waals surface area contributed by atoms with Crippen LogP contribution in [0.3, 0.4) is 0 Å². The number of carboxylic acids is 1. The average molecular weight is 515 g/mol. The molecule has 36 heavy (non-hydrogen) atoms. The van der Waals surface area contributed by atoms with Gasteiger partial charge in [0.2, 0.25) is 23.6 Å². The molecule has 5 unspecified atom stereocenters. The Morgan fingerprint density at radius 1 is 0.861 bits per heavy atom. The fourth-order valence-corrected chi connectivity index (χ4v) is 3.20. The number of guanidine groups is 1. The van der Waals surface area contributed by atoms with Gasteiger partial charge in [0.1, 0.15) is 18.1 Å². The summed E-state index contributed by atoms with van der Waals surface area (Å²) < 4.78 is 0. The van der Waals surface area contributed by atoms with Crippen LogP contribution in [0.4, 0.5) is 0 Å². The molecule has 0 aromatic rings. The maximum absolute atomic E-state index is 13.0. The molecule has 206 valence electrons. The van der Waals surface area contributed by atoms with Crippen LogP contribution in [0, 0.1) is 11.8 Å². The van der Waals surface area contributed by atoms with E-state index in [-0.39, 0.29) is 37.1 Å². The SMILES string of the molecule is CCC(C)C(NC(=O)C(CCC(N)=O)NC(=O)C(NC(=O)C(N)CCCN=C(N)N)C(C)C)C(=O)O. The molecular formula is C22H42N8O6. The second-order valence-electron chi connectivity index (χ2n) is 9.06. The summed E-state index contributed by atoms with van der Waals surface area (Å²) in [4.78, 5) is 65.1. The molecule has 0 saturated heterocycles. The number of rotatable bonds is 17. The Bertz CT molecular complexity index is 799. The normalized spacial score (nSPS) is 15.1. The van der Waals surface area contributed by atoms with Crippen LogP contribution in [0.2, 0.25) is 0 Å². The van der Waals surface area contributed by atoms with E-state index in [0.717, 1.165) is 0 Å². The molecule has 0 aliphatic carbocycles. The molecule has 4 amide bonds. The second-order valence-corrected chi connectivity index (χ2v) is 9.06. The lowest BCUT2D eigenvalue weighted by Crippen LogP contribution is -2.59. The average Bonchev–Trinajstić information content (AvgIpc) is 2.79. The van der Waals surface area contributed by atoms with Crippen molar-refractivity contribution in [3.8, 4) is 0 Å². The number of aliphatic imine (C=N–C) groups is 1. The van der Waals surface area contributed by atoms with E-state index < -0.39 is 53.8 Å². The Balaban J connectivity index is 5.43. The number of carbonyl (C=O) groups is 5. The van der Waals surface area contributed by atoms with Gasteiger partial charge in [0, 0.05) is 13.0 Å². The molecule has 0 aliphatic rings. The standard InChI is InChI=1S/C22H42N8O6/c1-5-12(4)17(21(35)36)30-19(33)14(8-9-15(24)31)28-20(34)16(11(2)3)29-18(32)13(23)7-6-10-27-22(25)26/h11-14,16-17H,5-10,23H2,1-4H3,(H2,24,31)(H,28,34)(H,29,32)(H,30,33)(H,35,36)(H4,25,26,27). The van der Waals surface area contributed by atoms with Crippen molar-refractivity contribution < 1.29 is 29.1 Å². The van der Waals surface area contributed by atoms with Crippen LogP contribution in [0.15, 0.2) is 4.99 Å². The highest BCUT2D eigenvalue weighted by molar-refractivity contribution is 5.94. The molecule has 5 atom stereocenters. The van der Waals surface area contributed by atoms with Gasteiger partial charge in [-0.2, -0.15) is 0 Å². The van der Waals surface area contributed by atoms with E-state index in [1.165, 1.54) is 0 Å². The monoisotopic (exact) mass is 514 g/mol. The van der Waals surface area contributed by atoms with Gasteiger partial charge >= 0.3 is 5.97 Å². The summed E-state index contributed by atoms with van der Waals surface area (Å²) >= 11 is 0. The van der Waals surface area contributed by atoms with Crippen LogP contribution in [-0.4, -0.2) is 71.4 Å². The van der Waals surface area contributed by atoms with E-state index in [1.807, 2.05) is 0 Å². The lowest BCUT2D eigenvalue weighted by atomic mass is 9.98. The molecule has 14 nitrogen and oxygen atoms in total. The van der Waals surface area contributed by atoms with Gasteiger partial charge in [0.15, 0.2) is 5.96 Å². The van der Waals surface area contributed by atoms with Gasteiger partial charge in [-0.25, -0.2) is 4.79 Å². The summed E-state index contributed by atoms with van der Waals surface area (Å²) in [5, 5.41) is 17.0. The number of primary amides is 1. The largest absolute Gasteiger partial charge is 0.480 e. The Morgan fingerprint density at radius 3 is 1.92 bits per heavy atom. The van der Waals surface area contributed by atoms with E-state index in [0.29, 0.717) is 19.4 Å². The molecule has 0 aromatic heterocycles. The number of carbonyl (C=O) groups excluding carboxylic acids is 4. The maximum Gasteiger partial charge on any atom is 0.326 e. The van der Waals surface area contributed by atoms with E-state index in [4.69, 9.17) is 22.9 Å². The van der Waals surface area contributed by atoms with Crippen LogP contribution in [0.25, 0.3) is 0 Å². The highest BCUT2D eigenvalue weighted by Crippen LogP contribution is 2.10. The van der Waals surface area contributed by atoms with Crippen molar-refractivity contribution in [2.24, 2.45) is 39.8 Å². The van der Waals surface area contributed by atoms with E-state index >= 15 is 0 Å². The fourth-order valence-electron chi connectivity index (χ4n) is 3.20. The summed E-state index contributed by atoms with van der Waals surface area (Å²) in [6, 6.07) is -4.40. The lowest BCUT2D eigenvalue weighted by Gasteiger charge is -2.27. The molecule has 0 spiro atoms. The highest BCUT2D eigenvalue weighted by Gasteiger charge is 2.33. The molecule has 0 saturated carbocycles. The zero-order valence-corrected chi connectivity index (χ0v) is 21.5. The van der Waals surface area contributed by atoms with Gasteiger partial charge in [-0.1, -0.05) is 34.1 Å². The minimum absolute atomic E-state index is 0.0710. The molecule has 14 heteroatoms. The summed E-state index contributed by atoms with van der Waals surface area (Å²) in [7, 11) is 0. The molecule has 0 radical (unpaired) electrons. The third-order valence-corrected chi connectivity index (χ3v) is 5.64. The number of carboxylic acid groups (broad SMARTS) is 1. The van der Waals surface area contributed by atoms with Crippen LogP contribution < -0.4 is 38.9 Å². The number of nitrogens with two attached hydrogens (primary N) is 4. The predicted molar refractivity (Wildman–Crippen MR) is 134 cm³/mol. The van der Waals surface area contributed by atoms with Crippen molar-refractivity contribution >= 4 is 35.6 Å². The molecule has 0 rings (SSSR count). The number of hydrogen-bond donors (Lipinski definition) is 8. The number of nitrogens with zero attached hydrogens (tertiary/aromatic N) is 1. The summed E-state index contributed by atoms with van der Waals surface area (Å²) in [5.74, 6) is -4.79. The van der Waals surface area contributed by atoms with Crippen molar-refractivity contribution in [2.45, 2.75) is 84.0 Å². The second kappa shape index (κ2) is 16.3. The van der Waals surface area contributed by atoms with Crippen molar-refractivity contribution in [1.82, 2.24) is 16.0 Å². The van der Waals surface area contributed by atoms with Crippen molar-refractivity contribution in [1.29, 1.82) is 0 Å². The third kappa shape index (κ3) is 12.3. The van der Waals surface area contributed by atoms with Gasteiger partial charge in [-0.3, -0.25) is 24.2 Å². The van der Waals surface area contributed by atoms with E-state index in [1.54, 1.807) is 27.7 Å². The molecule has 12 N–H and O–H groups in total. The van der Waals surface area contributed by atoms with E-state index in [9.17, 15) is 29.1 Å². The van der Waals surface area contributed by atoms with Crippen molar-refractivity contribution in [3.05, 3.63) is 0 Å². The van der Waals surface area contributed by atoms with Gasteiger partial charge in [0.05, 0.1) is 6.04 Å². The predicted octanol–water partition coefficient (Wildman–Crippen LogP) is -2.13. The van der Waals surface area contributed by atoms with Gasteiger partial charge in [-0.15, -0.1) is 0 Å². The lowest BCUT2D eigenvalue weighted by molar-refractivity contribution is -0.144. The first-order chi connectivity index (χ1) is 16.7. The molecule has 0 heterocycles.